The van der Waals surface area contributed by atoms with Crippen LogP contribution < -0.4 is 14.2 Å². The average molecular weight is 675 g/mol. The van der Waals surface area contributed by atoms with E-state index in [9.17, 15) is 4.79 Å². The number of hydrogen-bond donors (Lipinski definition) is 0. The molecule has 9 nitrogen and oxygen atoms in total. The molecule has 0 radical (unpaired) electrons. The zero-order valence-electron chi connectivity index (χ0n) is 29.6. The summed E-state index contributed by atoms with van der Waals surface area (Å²) >= 11 is 0. The summed E-state index contributed by atoms with van der Waals surface area (Å²) in [5, 5.41) is 5.92. The summed E-state index contributed by atoms with van der Waals surface area (Å²) in [6, 6.07) is 30.1. The van der Waals surface area contributed by atoms with Crippen molar-refractivity contribution in [2.24, 2.45) is 18.4 Å². The second kappa shape index (κ2) is 13.7. The summed E-state index contributed by atoms with van der Waals surface area (Å²) in [6.45, 7) is 10.3. The van der Waals surface area contributed by atoms with E-state index in [0.29, 0.717) is 30.9 Å². The number of amides is 1. The zero-order valence-corrected chi connectivity index (χ0v) is 29.6. The number of aromatic nitrogens is 3. The van der Waals surface area contributed by atoms with Crippen LogP contribution in [0.3, 0.4) is 0 Å². The molecule has 3 heterocycles. The molecular formula is C41H46N4O5. The van der Waals surface area contributed by atoms with Crippen molar-refractivity contribution >= 4 is 17.0 Å². The van der Waals surface area contributed by atoms with Gasteiger partial charge in [-0.2, -0.15) is 10.1 Å². The summed E-state index contributed by atoms with van der Waals surface area (Å²) in [5.41, 5.74) is 4.33. The van der Waals surface area contributed by atoms with Crippen LogP contribution in [-0.2, 0) is 25.0 Å². The number of hydrogen-bond acceptors (Lipinski definition) is 7. The Balaban J connectivity index is 1.07. The van der Waals surface area contributed by atoms with E-state index in [1.54, 1.807) is 0 Å². The van der Waals surface area contributed by atoms with Gasteiger partial charge in [0.15, 0.2) is 0 Å². The number of rotatable bonds is 9. The van der Waals surface area contributed by atoms with Crippen molar-refractivity contribution in [2.75, 3.05) is 13.1 Å². The minimum Gasteiger partial charge on any atom is -0.490 e. The average Bonchev–Trinajstić information content (AvgIpc) is 3.41. The maximum absolute atomic E-state index is 12.5. The molecule has 2 atom stereocenters. The monoisotopic (exact) mass is 674 g/mol. The van der Waals surface area contributed by atoms with E-state index >= 15 is 0 Å². The second-order valence-corrected chi connectivity index (χ2v) is 14.9. The lowest BCUT2D eigenvalue weighted by Crippen LogP contribution is -2.61. The fourth-order valence-electron chi connectivity index (χ4n) is 7.27. The van der Waals surface area contributed by atoms with Gasteiger partial charge in [0.25, 0.3) is 0 Å². The number of aryl methyl sites for hydroxylation is 1. The summed E-state index contributed by atoms with van der Waals surface area (Å²) in [6.07, 6.45) is 2.90. The third-order valence-electron chi connectivity index (χ3n) is 9.70. The Kier molecular flexibility index (Phi) is 9.16. The highest BCUT2D eigenvalue weighted by Crippen LogP contribution is 2.47. The first-order valence-electron chi connectivity index (χ1n) is 17.5. The van der Waals surface area contributed by atoms with Crippen LogP contribution in [-0.4, -0.2) is 50.6 Å². The van der Waals surface area contributed by atoms with E-state index in [2.05, 4.69) is 19.1 Å². The summed E-state index contributed by atoms with van der Waals surface area (Å²) in [7, 11) is 1.95. The van der Waals surface area contributed by atoms with Crippen molar-refractivity contribution in [3.05, 3.63) is 102 Å². The lowest BCUT2D eigenvalue weighted by atomic mass is 9.64. The van der Waals surface area contributed by atoms with Gasteiger partial charge in [-0.1, -0.05) is 67.6 Å². The number of benzene rings is 3. The van der Waals surface area contributed by atoms with Crippen molar-refractivity contribution < 1.29 is 23.7 Å². The van der Waals surface area contributed by atoms with E-state index in [4.69, 9.17) is 29.0 Å². The molecule has 2 aromatic heterocycles. The molecule has 9 heteroatoms. The van der Waals surface area contributed by atoms with Crippen molar-refractivity contribution in [3.63, 3.8) is 0 Å². The minimum absolute atomic E-state index is 0.104. The lowest BCUT2D eigenvalue weighted by Gasteiger charge is -2.54. The van der Waals surface area contributed by atoms with Gasteiger partial charge in [-0.15, -0.1) is 0 Å². The predicted octanol–water partition coefficient (Wildman–Crippen LogP) is 8.60. The molecule has 50 heavy (non-hydrogen) atoms. The Morgan fingerprint density at radius 2 is 1.58 bits per heavy atom. The number of nitrogens with zero attached hydrogens (tertiary/aromatic N) is 4. The highest BCUT2D eigenvalue weighted by atomic mass is 16.6. The summed E-state index contributed by atoms with van der Waals surface area (Å²) in [5.74, 6) is 2.14. The highest BCUT2D eigenvalue weighted by molar-refractivity contribution is 5.95. The molecule has 3 aromatic carbocycles. The quantitative estimate of drug-likeness (QED) is 0.155. The third kappa shape index (κ3) is 7.42. The molecule has 0 N–H and O–H groups in total. The van der Waals surface area contributed by atoms with Crippen LogP contribution in [0.25, 0.3) is 22.2 Å². The first-order valence-corrected chi connectivity index (χ1v) is 17.5. The van der Waals surface area contributed by atoms with E-state index in [0.717, 1.165) is 71.4 Å². The molecule has 7 rings (SSSR count). The number of carbonyl (C=O) groups is 1. The van der Waals surface area contributed by atoms with Gasteiger partial charge >= 0.3 is 6.09 Å². The maximum Gasteiger partial charge on any atom is 0.410 e. The molecular weight excluding hydrogens is 628 g/mol. The van der Waals surface area contributed by atoms with Crippen LogP contribution in [0, 0.1) is 11.3 Å². The van der Waals surface area contributed by atoms with E-state index < -0.39 is 5.60 Å². The molecule has 1 spiro atoms. The fraction of sp³-hybridized carbons (Fsp3) is 0.390. The SMILES string of the molecule is C[C@H]1CC2(CC[C@H]1Oc1ccc3c(-c4ccc(OCc5ccccc5)nc4OCc4ccccc4)nn(C)c3c1)CN(C(=O)OC(C)(C)C)C2. The summed E-state index contributed by atoms with van der Waals surface area (Å²) < 4.78 is 26.5. The molecule has 2 aliphatic rings. The molecule has 1 amide bonds. The maximum atomic E-state index is 12.5. The van der Waals surface area contributed by atoms with Crippen LogP contribution in [0.5, 0.6) is 17.5 Å². The molecule has 1 aliphatic heterocycles. The van der Waals surface area contributed by atoms with E-state index in [1.807, 2.05) is 116 Å². The first kappa shape index (κ1) is 33.4. The van der Waals surface area contributed by atoms with Gasteiger partial charge in [0.2, 0.25) is 11.8 Å². The van der Waals surface area contributed by atoms with Crippen molar-refractivity contribution in [1.82, 2.24) is 19.7 Å². The Morgan fingerprint density at radius 3 is 2.24 bits per heavy atom. The van der Waals surface area contributed by atoms with E-state index in [-0.39, 0.29) is 17.6 Å². The van der Waals surface area contributed by atoms with Crippen molar-refractivity contribution in [2.45, 2.75) is 71.9 Å². The second-order valence-electron chi connectivity index (χ2n) is 14.9. The smallest absolute Gasteiger partial charge is 0.410 e. The van der Waals surface area contributed by atoms with Crippen LogP contribution in [0.15, 0.2) is 91.0 Å². The lowest BCUT2D eigenvalue weighted by molar-refractivity contribution is -0.0757. The van der Waals surface area contributed by atoms with Crippen LogP contribution in [0.1, 0.15) is 58.1 Å². The molecule has 2 fully saturated rings. The van der Waals surface area contributed by atoms with Crippen LogP contribution in [0.4, 0.5) is 4.79 Å². The standard InChI is InChI=1S/C41H46N4O5/c1-28-23-41(26-45(27-41)39(46)50-40(2,3)4)21-20-35(28)49-31-16-17-32-34(22-31)44(5)43-37(32)33-18-19-36(47-24-29-12-8-6-9-13-29)42-38(33)48-25-30-14-10-7-11-15-30/h6-19,22,28,35H,20-21,23-27H2,1-5H3/t28-,35+/m0/s1. The molecule has 0 unspecified atom stereocenters. The zero-order chi connectivity index (χ0) is 34.9. The largest absolute Gasteiger partial charge is 0.490 e. The van der Waals surface area contributed by atoms with Crippen LogP contribution in [0.2, 0.25) is 0 Å². The molecule has 5 aromatic rings. The Bertz CT molecular complexity index is 1950. The number of pyridine rings is 1. The fourth-order valence-corrected chi connectivity index (χ4v) is 7.27. The first-order chi connectivity index (χ1) is 24.0. The molecule has 260 valence electrons. The predicted molar refractivity (Wildman–Crippen MR) is 193 cm³/mol. The molecule has 1 aliphatic carbocycles. The molecule has 0 bridgehead atoms. The topological polar surface area (TPSA) is 87.9 Å². The van der Waals surface area contributed by atoms with Gasteiger partial charge in [-0.25, -0.2) is 4.79 Å². The van der Waals surface area contributed by atoms with Crippen molar-refractivity contribution in [1.29, 1.82) is 0 Å². The molecule has 1 saturated heterocycles. The molecule has 1 saturated carbocycles. The van der Waals surface area contributed by atoms with Gasteiger partial charge in [0, 0.05) is 43.1 Å². The number of ether oxygens (including phenoxy) is 4. The Labute approximate surface area is 294 Å². The summed E-state index contributed by atoms with van der Waals surface area (Å²) in [4.78, 5) is 19.2. The number of fused-ring (bicyclic) bond motifs is 1. The normalized spacial score (nSPS) is 18.5. The minimum atomic E-state index is -0.480. The third-order valence-corrected chi connectivity index (χ3v) is 9.70. The van der Waals surface area contributed by atoms with Crippen LogP contribution >= 0.6 is 0 Å². The number of likely N-dealkylation sites (tertiary alicyclic amines) is 1. The van der Waals surface area contributed by atoms with Gasteiger partial charge in [-0.05, 0) is 75.3 Å². The van der Waals surface area contributed by atoms with E-state index in [1.165, 1.54) is 0 Å². The Hall–Kier alpha value is -5.05. The van der Waals surface area contributed by atoms with Gasteiger partial charge in [0.05, 0.1) is 11.1 Å². The number of carbonyl (C=O) groups excluding carboxylic acids is 1. The highest BCUT2D eigenvalue weighted by Gasteiger charge is 2.50. The van der Waals surface area contributed by atoms with Gasteiger partial charge in [-0.3, -0.25) is 4.68 Å². The van der Waals surface area contributed by atoms with Gasteiger partial charge < -0.3 is 23.8 Å². The Morgan fingerprint density at radius 1 is 0.900 bits per heavy atom. The van der Waals surface area contributed by atoms with Gasteiger partial charge in [0.1, 0.15) is 36.4 Å². The van der Waals surface area contributed by atoms with Crippen molar-refractivity contribution in [3.8, 4) is 28.8 Å².